The summed E-state index contributed by atoms with van der Waals surface area (Å²) in [5, 5.41) is 13.4. The number of aliphatic hydroxyl groups is 1. The molecule has 2 aromatic rings. The lowest BCUT2D eigenvalue weighted by Crippen LogP contribution is -2.26. The second kappa shape index (κ2) is 8.82. The van der Waals surface area contributed by atoms with Gasteiger partial charge in [-0.2, -0.15) is 11.3 Å². The van der Waals surface area contributed by atoms with Gasteiger partial charge in [0.15, 0.2) is 0 Å². The standard InChI is InChI=1S/C16H20ClNO4S2/c1-22-16-3-2-14(10-15(16)17)24(20,21)18-7-4-12(5-8-19)13-6-9-23-11-13/h2-3,6,9-12,18-19H,4-5,7-8H2,1H3. The number of ether oxygens (including phenoxy) is 1. The molecule has 8 heteroatoms. The number of halogens is 1. The quantitative estimate of drug-likeness (QED) is 0.690. The van der Waals surface area contributed by atoms with Gasteiger partial charge in [-0.05, 0) is 59.3 Å². The van der Waals surface area contributed by atoms with Crippen LogP contribution in [0.5, 0.6) is 5.75 Å². The Morgan fingerprint density at radius 2 is 2.12 bits per heavy atom. The van der Waals surface area contributed by atoms with Gasteiger partial charge in [-0.15, -0.1) is 0 Å². The second-order valence-electron chi connectivity index (χ2n) is 5.25. The van der Waals surface area contributed by atoms with E-state index in [0.29, 0.717) is 18.6 Å². The third-order valence-electron chi connectivity index (χ3n) is 3.71. The summed E-state index contributed by atoms with van der Waals surface area (Å²) in [5.74, 6) is 0.555. The van der Waals surface area contributed by atoms with Crippen LogP contribution in [-0.2, 0) is 10.0 Å². The van der Waals surface area contributed by atoms with Gasteiger partial charge in [0.2, 0.25) is 10.0 Å². The van der Waals surface area contributed by atoms with E-state index in [9.17, 15) is 13.5 Å². The first kappa shape index (κ1) is 19.2. The van der Waals surface area contributed by atoms with Crippen LogP contribution < -0.4 is 9.46 Å². The molecule has 0 saturated carbocycles. The van der Waals surface area contributed by atoms with E-state index in [1.807, 2.05) is 16.8 Å². The van der Waals surface area contributed by atoms with E-state index in [0.717, 1.165) is 5.56 Å². The van der Waals surface area contributed by atoms with Crippen LogP contribution in [0.3, 0.4) is 0 Å². The first-order valence-corrected chi connectivity index (χ1v) is 10.2. The van der Waals surface area contributed by atoms with Gasteiger partial charge in [0, 0.05) is 13.2 Å². The molecule has 5 nitrogen and oxygen atoms in total. The van der Waals surface area contributed by atoms with Crippen molar-refractivity contribution in [3.8, 4) is 5.75 Å². The van der Waals surface area contributed by atoms with Crippen molar-refractivity contribution in [1.29, 1.82) is 0 Å². The van der Waals surface area contributed by atoms with Crippen LogP contribution in [0.25, 0.3) is 0 Å². The second-order valence-corrected chi connectivity index (χ2v) is 8.20. The number of rotatable bonds is 9. The molecule has 0 spiro atoms. The normalized spacial score (nSPS) is 13.0. The topological polar surface area (TPSA) is 75.6 Å². The Morgan fingerprint density at radius 3 is 2.71 bits per heavy atom. The van der Waals surface area contributed by atoms with E-state index in [-0.39, 0.29) is 29.0 Å². The molecule has 1 atom stereocenters. The molecule has 0 aliphatic heterocycles. The number of benzene rings is 1. The summed E-state index contributed by atoms with van der Waals surface area (Å²) in [6.45, 7) is 0.355. The molecule has 0 aliphatic rings. The van der Waals surface area contributed by atoms with Crippen LogP contribution in [0, 0.1) is 0 Å². The summed E-state index contributed by atoms with van der Waals surface area (Å²) in [7, 11) is -2.17. The van der Waals surface area contributed by atoms with Crippen molar-refractivity contribution in [2.75, 3.05) is 20.3 Å². The molecule has 132 valence electrons. The Morgan fingerprint density at radius 1 is 1.33 bits per heavy atom. The molecule has 1 aromatic carbocycles. The number of methoxy groups -OCH3 is 1. The van der Waals surface area contributed by atoms with E-state index in [1.165, 1.54) is 25.3 Å². The highest BCUT2D eigenvalue weighted by molar-refractivity contribution is 7.89. The molecule has 0 saturated heterocycles. The van der Waals surface area contributed by atoms with E-state index in [1.54, 1.807) is 11.3 Å². The molecule has 1 aromatic heterocycles. The summed E-state index contributed by atoms with van der Waals surface area (Å²) in [4.78, 5) is 0.0996. The van der Waals surface area contributed by atoms with Gasteiger partial charge in [0.1, 0.15) is 5.75 Å². The summed E-state index contributed by atoms with van der Waals surface area (Å²) in [6, 6.07) is 6.35. The van der Waals surface area contributed by atoms with E-state index in [2.05, 4.69) is 4.72 Å². The molecular weight excluding hydrogens is 370 g/mol. The zero-order chi connectivity index (χ0) is 17.6. The Labute approximate surface area is 151 Å². The van der Waals surface area contributed by atoms with Crippen molar-refractivity contribution in [2.24, 2.45) is 0 Å². The first-order chi connectivity index (χ1) is 11.5. The van der Waals surface area contributed by atoms with Crippen LogP contribution in [0.1, 0.15) is 24.3 Å². The van der Waals surface area contributed by atoms with Crippen molar-refractivity contribution in [3.63, 3.8) is 0 Å². The van der Waals surface area contributed by atoms with Crippen LogP contribution >= 0.6 is 22.9 Å². The molecule has 0 amide bonds. The average Bonchev–Trinajstić information content (AvgIpc) is 3.08. The van der Waals surface area contributed by atoms with Crippen LogP contribution in [0.15, 0.2) is 39.9 Å². The van der Waals surface area contributed by atoms with Crippen molar-refractivity contribution < 1.29 is 18.3 Å². The summed E-state index contributed by atoms with van der Waals surface area (Å²) in [6.07, 6.45) is 1.22. The largest absolute Gasteiger partial charge is 0.495 e. The summed E-state index contributed by atoms with van der Waals surface area (Å²) in [5.41, 5.74) is 1.13. The van der Waals surface area contributed by atoms with Crippen molar-refractivity contribution in [2.45, 2.75) is 23.7 Å². The highest BCUT2D eigenvalue weighted by atomic mass is 35.5. The maximum atomic E-state index is 12.4. The number of aliphatic hydroxyl groups excluding tert-OH is 1. The van der Waals surface area contributed by atoms with Gasteiger partial charge in [0.05, 0.1) is 17.0 Å². The lowest BCUT2D eigenvalue weighted by Gasteiger charge is -2.15. The van der Waals surface area contributed by atoms with Crippen LogP contribution in [0.2, 0.25) is 5.02 Å². The molecule has 2 rings (SSSR count). The minimum atomic E-state index is -3.64. The Hall–Kier alpha value is -1.12. The van der Waals surface area contributed by atoms with Gasteiger partial charge < -0.3 is 9.84 Å². The van der Waals surface area contributed by atoms with Crippen molar-refractivity contribution >= 4 is 33.0 Å². The Balaban J connectivity index is 2.00. The van der Waals surface area contributed by atoms with Crippen LogP contribution in [-0.4, -0.2) is 33.8 Å². The molecular formula is C16H20ClNO4S2. The van der Waals surface area contributed by atoms with E-state index in [4.69, 9.17) is 16.3 Å². The number of thiophene rings is 1. The summed E-state index contributed by atoms with van der Waals surface area (Å²) >= 11 is 7.57. The van der Waals surface area contributed by atoms with Gasteiger partial charge in [0.25, 0.3) is 0 Å². The lowest BCUT2D eigenvalue weighted by atomic mass is 9.95. The van der Waals surface area contributed by atoms with Crippen molar-refractivity contribution in [3.05, 3.63) is 45.6 Å². The number of hydrogen-bond donors (Lipinski definition) is 2. The first-order valence-electron chi connectivity index (χ1n) is 7.44. The fraction of sp³-hybridized carbons (Fsp3) is 0.375. The third kappa shape index (κ3) is 4.94. The highest BCUT2D eigenvalue weighted by Crippen LogP contribution is 2.27. The molecule has 0 fully saturated rings. The Kier molecular flexibility index (Phi) is 7.06. The molecule has 1 unspecified atom stereocenters. The average molecular weight is 390 g/mol. The van der Waals surface area contributed by atoms with Gasteiger partial charge in [-0.3, -0.25) is 0 Å². The van der Waals surface area contributed by atoms with Crippen LogP contribution in [0.4, 0.5) is 0 Å². The monoisotopic (exact) mass is 389 g/mol. The predicted molar refractivity (Wildman–Crippen MR) is 96.6 cm³/mol. The fourth-order valence-electron chi connectivity index (χ4n) is 2.41. The van der Waals surface area contributed by atoms with Gasteiger partial charge in [-0.25, -0.2) is 13.1 Å². The SMILES string of the molecule is COc1ccc(S(=O)(=O)NCCC(CCO)c2ccsc2)cc1Cl. The predicted octanol–water partition coefficient (Wildman–Crippen LogP) is 3.24. The maximum absolute atomic E-state index is 12.4. The van der Waals surface area contributed by atoms with Gasteiger partial charge >= 0.3 is 0 Å². The number of hydrogen-bond acceptors (Lipinski definition) is 5. The smallest absolute Gasteiger partial charge is 0.240 e. The lowest BCUT2D eigenvalue weighted by molar-refractivity contribution is 0.273. The third-order valence-corrected chi connectivity index (χ3v) is 6.17. The molecule has 0 bridgehead atoms. The number of sulfonamides is 1. The summed E-state index contributed by atoms with van der Waals surface area (Å²) < 4.78 is 32.3. The van der Waals surface area contributed by atoms with E-state index < -0.39 is 10.0 Å². The maximum Gasteiger partial charge on any atom is 0.240 e. The molecule has 24 heavy (non-hydrogen) atoms. The highest BCUT2D eigenvalue weighted by Gasteiger charge is 2.17. The zero-order valence-corrected chi connectivity index (χ0v) is 15.6. The minimum Gasteiger partial charge on any atom is -0.495 e. The van der Waals surface area contributed by atoms with Crippen molar-refractivity contribution in [1.82, 2.24) is 4.72 Å². The van der Waals surface area contributed by atoms with Gasteiger partial charge in [-0.1, -0.05) is 11.6 Å². The van der Waals surface area contributed by atoms with E-state index >= 15 is 0 Å². The number of nitrogens with one attached hydrogen (secondary N) is 1. The molecule has 1 heterocycles. The molecule has 0 aliphatic carbocycles. The minimum absolute atomic E-state index is 0.0708. The molecule has 2 N–H and O–H groups in total. The Bertz CT molecular complexity index is 747. The fourth-order valence-corrected chi connectivity index (χ4v) is 4.54. The zero-order valence-electron chi connectivity index (χ0n) is 13.2. The molecule has 0 radical (unpaired) electrons.